The predicted molar refractivity (Wildman–Crippen MR) is 100 cm³/mol. The summed E-state index contributed by atoms with van der Waals surface area (Å²) in [6, 6.07) is 8.21. The molecule has 5 nitrogen and oxygen atoms in total. The van der Waals surface area contributed by atoms with Crippen molar-refractivity contribution < 1.29 is 9.59 Å². The predicted octanol–water partition coefficient (Wildman–Crippen LogP) is 2.50. The molecular formula is C19H24BrN3O2. The van der Waals surface area contributed by atoms with Crippen molar-refractivity contribution in [3.8, 4) is 0 Å². The van der Waals surface area contributed by atoms with Crippen molar-refractivity contribution in [3.05, 3.63) is 28.7 Å². The zero-order valence-corrected chi connectivity index (χ0v) is 16.0. The van der Waals surface area contributed by atoms with Crippen molar-refractivity contribution >= 4 is 33.4 Å². The maximum absolute atomic E-state index is 13.0. The van der Waals surface area contributed by atoms with E-state index in [0.717, 1.165) is 36.3 Å². The van der Waals surface area contributed by atoms with Crippen LogP contribution in [0.15, 0.2) is 28.7 Å². The second kappa shape index (κ2) is 7.08. The SMILES string of the molecule is O=C([C@H]1CCN(c2cccc(Br)c2)C1=O)N1CCN2CCCC[C@H]2C1. The summed E-state index contributed by atoms with van der Waals surface area (Å²) in [4.78, 5) is 32.0. The van der Waals surface area contributed by atoms with Gasteiger partial charge in [0, 0.05) is 42.4 Å². The smallest absolute Gasteiger partial charge is 0.239 e. The highest BCUT2D eigenvalue weighted by atomic mass is 79.9. The second-order valence-corrected chi connectivity index (χ2v) is 8.20. The Hall–Kier alpha value is -1.40. The van der Waals surface area contributed by atoms with Crippen LogP contribution in [-0.4, -0.2) is 60.4 Å². The second-order valence-electron chi connectivity index (χ2n) is 7.28. The summed E-state index contributed by atoms with van der Waals surface area (Å²) >= 11 is 3.45. The molecule has 0 radical (unpaired) electrons. The van der Waals surface area contributed by atoms with E-state index in [1.807, 2.05) is 29.2 Å². The highest BCUT2D eigenvalue weighted by molar-refractivity contribution is 9.10. The number of benzene rings is 1. The molecule has 3 aliphatic heterocycles. The number of anilines is 1. The van der Waals surface area contributed by atoms with Crippen LogP contribution in [0.1, 0.15) is 25.7 Å². The fourth-order valence-electron chi connectivity index (χ4n) is 4.39. The zero-order chi connectivity index (χ0) is 17.4. The van der Waals surface area contributed by atoms with Crippen molar-refractivity contribution in [2.45, 2.75) is 31.7 Å². The lowest BCUT2D eigenvalue weighted by molar-refractivity contribution is -0.142. The average Bonchev–Trinajstić information content (AvgIpc) is 3.02. The summed E-state index contributed by atoms with van der Waals surface area (Å²) in [6.45, 7) is 4.28. The van der Waals surface area contributed by atoms with Crippen molar-refractivity contribution in [2.24, 2.45) is 5.92 Å². The lowest BCUT2D eigenvalue weighted by Crippen LogP contribution is -2.57. The van der Waals surface area contributed by atoms with E-state index in [-0.39, 0.29) is 11.8 Å². The Morgan fingerprint density at radius 3 is 2.80 bits per heavy atom. The third-order valence-electron chi connectivity index (χ3n) is 5.77. The third-order valence-corrected chi connectivity index (χ3v) is 6.27. The standard InChI is InChI=1S/C19H24BrN3O2/c20-14-4-3-6-15(12-14)23-9-7-17(19(23)25)18(24)22-11-10-21-8-2-1-5-16(21)13-22/h3-4,6,12,16-17H,1-2,5,7-11,13H2/t16-,17+/m0/s1. The van der Waals surface area contributed by atoms with E-state index >= 15 is 0 Å². The van der Waals surface area contributed by atoms with Gasteiger partial charge in [0.2, 0.25) is 11.8 Å². The van der Waals surface area contributed by atoms with Crippen LogP contribution < -0.4 is 4.90 Å². The molecule has 0 aliphatic carbocycles. The number of carbonyl (C=O) groups excluding carboxylic acids is 2. The van der Waals surface area contributed by atoms with Crippen LogP contribution in [0, 0.1) is 5.92 Å². The van der Waals surface area contributed by atoms with Gasteiger partial charge in [0.15, 0.2) is 0 Å². The van der Waals surface area contributed by atoms with Gasteiger partial charge < -0.3 is 9.80 Å². The molecule has 3 aliphatic rings. The third kappa shape index (κ3) is 3.34. The Labute approximate surface area is 157 Å². The number of hydrogen-bond acceptors (Lipinski definition) is 3. The molecule has 3 heterocycles. The minimum Gasteiger partial charge on any atom is -0.339 e. The number of nitrogens with zero attached hydrogens (tertiary/aromatic N) is 3. The highest BCUT2D eigenvalue weighted by Gasteiger charge is 2.41. The molecular weight excluding hydrogens is 382 g/mol. The van der Waals surface area contributed by atoms with Gasteiger partial charge in [-0.05, 0) is 44.0 Å². The van der Waals surface area contributed by atoms with Gasteiger partial charge in [-0.3, -0.25) is 14.5 Å². The first-order valence-electron chi connectivity index (χ1n) is 9.23. The minimum absolute atomic E-state index is 0.0349. The topological polar surface area (TPSA) is 43.9 Å². The van der Waals surface area contributed by atoms with E-state index in [0.29, 0.717) is 19.0 Å². The number of fused-ring (bicyclic) bond motifs is 1. The lowest BCUT2D eigenvalue weighted by atomic mass is 9.98. The molecule has 0 aromatic heterocycles. The maximum Gasteiger partial charge on any atom is 0.239 e. The number of rotatable bonds is 2. The van der Waals surface area contributed by atoms with E-state index in [1.54, 1.807) is 4.90 Å². The van der Waals surface area contributed by atoms with Gasteiger partial charge in [0.1, 0.15) is 5.92 Å². The Morgan fingerprint density at radius 2 is 1.96 bits per heavy atom. The van der Waals surface area contributed by atoms with Crippen LogP contribution in [0.25, 0.3) is 0 Å². The van der Waals surface area contributed by atoms with Gasteiger partial charge >= 0.3 is 0 Å². The van der Waals surface area contributed by atoms with E-state index in [9.17, 15) is 9.59 Å². The molecule has 3 saturated heterocycles. The average molecular weight is 406 g/mol. The Balaban J connectivity index is 1.43. The molecule has 2 atom stereocenters. The molecule has 4 rings (SSSR count). The Bertz CT molecular complexity index is 680. The van der Waals surface area contributed by atoms with E-state index in [1.165, 1.54) is 19.3 Å². The highest BCUT2D eigenvalue weighted by Crippen LogP contribution is 2.29. The maximum atomic E-state index is 13.0. The van der Waals surface area contributed by atoms with Crippen LogP contribution in [0.4, 0.5) is 5.69 Å². The number of amides is 2. The van der Waals surface area contributed by atoms with E-state index in [4.69, 9.17) is 0 Å². The first-order valence-corrected chi connectivity index (χ1v) is 10.0. The van der Waals surface area contributed by atoms with Crippen molar-refractivity contribution in [3.63, 3.8) is 0 Å². The van der Waals surface area contributed by atoms with Crippen molar-refractivity contribution in [1.82, 2.24) is 9.80 Å². The van der Waals surface area contributed by atoms with Gasteiger partial charge in [0.05, 0.1) is 0 Å². The summed E-state index contributed by atoms with van der Waals surface area (Å²) < 4.78 is 0.945. The molecule has 0 N–H and O–H groups in total. The Kier molecular flexibility index (Phi) is 4.82. The number of hydrogen-bond donors (Lipinski definition) is 0. The molecule has 25 heavy (non-hydrogen) atoms. The summed E-state index contributed by atoms with van der Waals surface area (Å²) in [7, 11) is 0. The molecule has 0 bridgehead atoms. The molecule has 0 unspecified atom stereocenters. The van der Waals surface area contributed by atoms with Gasteiger partial charge in [-0.2, -0.15) is 0 Å². The van der Waals surface area contributed by atoms with E-state index in [2.05, 4.69) is 20.8 Å². The normalized spacial score (nSPS) is 27.5. The molecule has 0 saturated carbocycles. The van der Waals surface area contributed by atoms with Crippen molar-refractivity contribution in [2.75, 3.05) is 37.6 Å². The zero-order valence-electron chi connectivity index (χ0n) is 14.4. The fourth-order valence-corrected chi connectivity index (χ4v) is 4.77. The molecule has 0 spiro atoms. The van der Waals surface area contributed by atoms with Gasteiger partial charge in [-0.1, -0.05) is 28.4 Å². The fraction of sp³-hybridized carbons (Fsp3) is 0.579. The van der Waals surface area contributed by atoms with Crippen LogP contribution in [0.2, 0.25) is 0 Å². The van der Waals surface area contributed by atoms with Crippen LogP contribution in [0.3, 0.4) is 0 Å². The van der Waals surface area contributed by atoms with Gasteiger partial charge in [-0.15, -0.1) is 0 Å². The summed E-state index contributed by atoms with van der Waals surface area (Å²) in [6.07, 6.45) is 4.32. The van der Waals surface area contributed by atoms with Crippen LogP contribution in [-0.2, 0) is 9.59 Å². The molecule has 1 aromatic carbocycles. The van der Waals surface area contributed by atoms with Gasteiger partial charge in [-0.25, -0.2) is 0 Å². The number of halogens is 1. The minimum atomic E-state index is -0.505. The Morgan fingerprint density at radius 1 is 1.08 bits per heavy atom. The first kappa shape index (κ1) is 17.0. The van der Waals surface area contributed by atoms with E-state index < -0.39 is 5.92 Å². The van der Waals surface area contributed by atoms with Crippen LogP contribution >= 0.6 is 15.9 Å². The first-order chi connectivity index (χ1) is 12.1. The number of carbonyl (C=O) groups is 2. The van der Waals surface area contributed by atoms with Crippen LogP contribution in [0.5, 0.6) is 0 Å². The molecule has 6 heteroatoms. The lowest BCUT2D eigenvalue weighted by Gasteiger charge is -2.44. The number of piperidine rings is 1. The molecule has 134 valence electrons. The summed E-state index contributed by atoms with van der Waals surface area (Å²) in [5, 5.41) is 0. The van der Waals surface area contributed by atoms with Gasteiger partial charge in [0.25, 0.3) is 0 Å². The molecule has 1 aromatic rings. The van der Waals surface area contributed by atoms with Crippen molar-refractivity contribution in [1.29, 1.82) is 0 Å². The summed E-state index contributed by atoms with van der Waals surface area (Å²) in [5.74, 6) is -0.518. The number of piperazine rings is 1. The largest absolute Gasteiger partial charge is 0.339 e. The molecule has 2 amide bonds. The summed E-state index contributed by atoms with van der Waals surface area (Å²) in [5.41, 5.74) is 0.867. The quantitative estimate of drug-likeness (QED) is 0.709. The molecule has 3 fully saturated rings. The monoisotopic (exact) mass is 405 g/mol.